The third-order valence-corrected chi connectivity index (χ3v) is 3.47. The van der Waals surface area contributed by atoms with Crippen LogP contribution in [0.5, 0.6) is 5.75 Å². The number of methoxy groups -OCH3 is 1. The highest BCUT2D eigenvalue weighted by molar-refractivity contribution is 5.82. The minimum Gasteiger partial charge on any atom is -0.496 e. The van der Waals surface area contributed by atoms with Gasteiger partial charge >= 0.3 is 0 Å². The van der Waals surface area contributed by atoms with E-state index in [2.05, 4.69) is 15.5 Å². The zero-order valence-electron chi connectivity index (χ0n) is 13.6. The summed E-state index contributed by atoms with van der Waals surface area (Å²) in [6.07, 6.45) is 1.44. The van der Waals surface area contributed by atoms with E-state index in [1.807, 2.05) is 31.2 Å². The molecule has 2 aromatic rings. The van der Waals surface area contributed by atoms with Gasteiger partial charge in [0, 0.05) is 12.5 Å². The standard InChI is InChI=1S/C16H22N4O3/c1-4-7-12(17)16(21)19-14(15-18-10(2)23-20-15)11-8-5-6-9-13(11)22-3/h5-6,8-9,12,14H,4,7,17H2,1-3H3,(H,19,21). The van der Waals surface area contributed by atoms with Crippen LogP contribution in [0.4, 0.5) is 0 Å². The van der Waals surface area contributed by atoms with Crippen molar-refractivity contribution in [2.24, 2.45) is 5.73 Å². The first-order valence-corrected chi connectivity index (χ1v) is 7.55. The van der Waals surface area contributed by atoms with E-state index in [1.165, 1.54) is 0 Å². The summed E-state index contributed by atoms with van der Waals surface area (Å²) in [6.45, 7) is 3.67. The van der Waals surface area contributed by atoms with Gasteiger partial charge in [-0.1, -0.05) is 36.7 Å². The lowest BCUT2D eigenvalue weighted by molar-refractivity contribution is -0.123. The number of nitrogens with one attached hydrogen (secondary N) is 1. The maximum Gasteiger partial charge on any atom is 0.237 e. The molecule has 0 aliphatic heterocycles. The molecule has 0 aliphatic carbocycles. The van der Waals surface area contributed by atoms with Crippen LogP contribution in [0.1, 0.15) is 43.1 Å². The molecule has 2 rings (SSSR count). The van der Waals surface area contributed by atoms with Gasteiger partial charge in [0.2, 0.25) is 11.8 Å². The van der Waals surface area contributed by atoms with E-state index in [-0.39, 0.29) is 5.91 Å². The fourth-order valence-electron chi connectivity index (χ4n) is 2.31. The number of benzene rings is 1. The van der Waals surface area contributed by atoms with Gasteiger partial charge in [0.25, 0.3) is 0 Å². The second-order valence-electron chi connectivity index (χ2n) is 5.25. The number of hydrogen-bond acceptors (Lipinski definition) is 6. The molecule has 2 atom stereocenters. The number of aryl methyl sites for hydroxylation is 1. The summed E-state index contributed by atoms with van der Waals surface area (Å²) in [5, 5.41) is 6.82. The van der Waals surface area contributed by atoms with Crippen LogP contribution in [0.2, 0.25) is 0 Å². The number of carbonyl (C=O) groups excluding carboxylic acids is 1. The molecule has 1 heterocycles. The Hall–Kier alpha value is -2.41. The molecule has 1 amide bonds. The van der Waals surface area contributed by atoms with Crippen LogP contribution >= 0.6 is 0 Å². The van der Waals surface area contributed by atoms with Crippen molar-refractivity contribution >= 4 is 5.91 Å². The molecule has 0 fully saturated rings. The highest BCUT2D eigenvalue weighted by Crippen LogP contribution is 2.28. The Labute approximate surface area is 135 Å². The summed E-state index contributed by atoms with van der Waals surface area (Å²) in [4.78, 5) is 16.6. The maximum atomic E-state index is 12.3. The summed E-state index contributed by atoms with van der Waals surface area (Å²) in [5.74, 6) is 1.16. The smallest absolute Gasteiger partial charge is 0.237 e. The Morgan fingerprint density at radius 3 is 2.78 bits per heavy atom. The molecule has 0 saturated heterocycles. The van der Waals surface area contributed by atoms with E-state index >= 15 is 0 Å². The topological polar surface area (TPSA) is 103 Å². The summed E-state index contributed by atoms with van der Waals surface area (Å²) in [7, 11) is 1.57. The SMILES string of the molecule is CCCC(N)C(=O)NC(c1noc(C)n1)c1ccccc1OC. The summed E-state index contributed by atoms with van der Waals surface area (Å²) in [6, 6.07) is 6.21. The number of nitrogens with two attached hydrogens (primary N) is 1. The Morgan fingerprint density at radius 2 is 2.17 bits per heavy atom. The summed E-state index contributed by atoms with van der Waals surface area (Å²) >= 11 is 0. The fraction of sp³-hybridized carbons (Fsp3) is 0.438. The molecule has 3 N–H and O–H groups in total. The molecule has 0 bridgehead atoms. The van der Waals surface area contributed by atoms with E-state index < -0.39 is 12.1 Å². The number of hydrogen-bond donors (Lipinski definition) is 2. The van der Waals surface area contributed by atoms with Crippen LogP contribution in [0.3, 0.4) is 0 Å². The number of aromatic nitrogens is 2. The third-order valence-electron chi connectivity index (χ3n) is 3.47. The maximum absolute atomic E-state index is 12.3. The lowest BCUT2D eigenvalue weighted by Crippen LogP contribution is -2.42. The van der Waals surface area contributed by atoms with Gasteiger partial charge in [-0.25, -0.2) is 0 Å². The first-order chi connectivity index (χ1) is 11.1. The number of para-hydroxylation sites is 1. The van der Waals surface area contributed by atoms with Crippen molar-refractivity contribution < 1.29 is 14.1 Å². The van der Waals surface area contributed by atoms with Crippen molar-refractivity contribution in [2.75, 3.05) is 7.11 Å². The van der Waals surface area contributed by atoms with E-state index in [4.69, 9.17) is 15.0 Å². The predicted octanol–water partition coefficient (Wildman–Crippen LogP) is 1.72. The minimum atomic E-state index is -0.584. The normalized spacial score (nSPS) is 13.4. The van der Waals surface area contributed by atoms with Gasteiger partial charge in [0.15, 0.2) is 5.82 Å². The molecule has 7 nitrogen and oxygen atoms in total. The van der Waals surface area contributed by atoms with Gasteiger partial charge < -0.3 is 20.3 Å². The van der Waals surface area contributed by atoms with Crippen molar-refractivity contribution in [1.82, 2.24) is 15.5 Å². The predicted molar refractivity (Wildman–Crippen MR) is 84.9 cm³/mol. The number of nitrogens with zero attached hydrogens (tertiary/aromatic N) is 2. The molecule has 1 aromatic heterocycles. The molecule has 7 heteroatoms. The molecule has 2 unspecified atom stereocenters. The lowest BCUT2D eigenvalue weighted by atomic mass is 10.0. The van der Waals surface area contributed by atoms with Crippen molar-refractivity contribution in [3.05, 3.63) is 41.5 Å². The molecule has 23 heavy (non-hydrogen) atoms. The Kier molecular flexibility index (Phi) is 5.70. The molecule has 0 radical (unpaired) electrons. The zero-order valence-corrected chi connectivity index (χ0v) is 13.6. The quantitative estimate of drug-likeness (QED) is 0.805. The number of rotatable bonds is 7. The van der Waals surface area contributed by atoms with E-state index in [0.717, 1.165) is 12.0 Å². The van der Waals surface area contributed by atoms with Crippen LogP contribution in [-0.2, 0) is 4.79 Å². The van der Waals surface area contributed by atoms with E-state index in [1.54, 1.807) is 14.0 Å². The fourth-order valence-corrected chi connectivity index (χ4v) is 2.31. The molecule has 0 aliphatic rings. The largest absolute Gasteiger partial charge is 0.496 e. The average Bonchev–Trinajstić information content (AvgIpc) is 2.98. The molecule has 0 spiro atoms. The molecule has 124 valence electrons. The first-order valence-electron chi connectivity index (χ1n) is 7.55. The van der Waals surface area contributed by atoms with Crippen LogP contribution in [0, 0.1) is 6.92 Å². The second kappa shape index (κ2) is 7.73. The van der Waals surface area contributed by atoms with Gasteiger partial charge in [-0.3, -0.25) is 4.79 Å². The number of carbonyl (C=O) groups is 1. The van der Waals surface area contributed by atoms with Crippen molar-refractivity contribution in [3.8, 4) is 5.75 Å². The van der Waals surface area contributed by atoms with Gasteiger partial charge in [-0.05, 0) is 12.5 Å². The Bertz CT molecular complexity index is 656. The highest BCUT2D eigenvalue weighted by Gasteiger charge is 2.26. The van der Waals surface area contributed by atoms with Crippen LogP contribution in [-0.4, -0.2) is 29.2 Å². The van der Waals surface area contributed by atoms with Crippen LogP contribution in [0.25, 0.3) is 0 Å². The van der Waals surface area contributed by atoms with Gasteiger partial charge in [0.1, 0.15) is 11.8 Å². The summed E-state index contributed by atoms with van der Waals surface area (Å²) in [5.41, 5.74) is 6.64. The molecular weight excluding hydrogens is 296 g/mol. The average molecular weight is 318 g/mol. The Morgan fingerprint density at radius 1 is 1.43 bits per heavy atom. The van der Waals surface area contributed by atoms with E-state index in [0.29, 0.717) is 23.9 Å². The van der Waals surface area contributed by atoms with Crippen molar-refractivity contribution in [3.63, 3.8) is 0 Å². The molecular formula is C16H22N4O3. The van der Waals surface area contributed by atoms with Gasteiger partial charge in [0.05, 0.1) is 13.2 Å². The number of amides is 1. The van der Waals surface area contributed by atoms with Crippen molar-refractivity contribution in [2.45, 2.75) is 38.8 Å². The van der Waals surface area contributed by atoms with Gasteiger partial charge in [-0.2, -0.15) is 4.98 Å². The zero-order chi connectivity index (χ0) is 16.8. The summed E-state index contributed by atoms with van der Waals surface area (Å²) < 4.78 is 10.4. The number of ether oxygens (including phenoxy) is 1. The monoisotopic (exact) mass is 318 g/mol. The second-order valence-corrected chi connectivity index (χ2v) is 5.25. The molecule has 1 aromatic carbocycles. The van der Waals surface area contributed by atoms with Crippen molar-refractivity contribution in [1.29, 1.82) is 0 Å². The van der Waals surface area contributed by atoms with Crippen LogP contribution in [0.15, 0.2) is 28.8 Å². The third kappa shape index (κ3) is 4.07. The van der Waals surface area contributed by atoms with E-state index in [9.17, 15) is 4.79 Å². The molecule has 0 saturated carbocycles. The van der Waals surface area contributed by atoms with Gasteiger partial charge in [-0.15, -0.1) is 0 Å². The lowest BCUT2D eigenvalue weighted by Gasteiger charge is -2.20. The van der Waals surface area contributed by atoms with Crippen LogP contribution < -0.4 is 15.8 Å². The highest BCUT2D eigenvalue weighted by atomic mass is 16.5. The first kappa shape index (κ1) is 17.0. The minimum absolute atomic E-state index is 0.259. The Balaban J connectivity index is 2.35.